The third-order valence-electron chi connectivity index (χ3n) is 6.74. The number of hydrogen-bond donors (Lipinski definition) is 2. The lowest BCUT2D eigenvalue weighted by Gasteiger charge is -2.21. The van der Waals surface area contributed by atoms with Crippen molar-refractivity contribution in [3.8, 4) is 11.5 Å². The van der Waals surface area contributed by atoms with Gasteiger partial charge < -0.3 is 14.8 Å². The molecule has 0 saturated heterocycles. The number of pyridine rings is 1. The molecule has 0 aliphatic heterocycles. The largest absolute Gasteiger partial charge is 0.337 e. The zero-order valence-electron chi connectivity index (χ0n) is 17.6. The highest BCUT2D eigenvalue weighted by atomic mass is 16.2. The first-order valence-electron chi connectivity index (χ1n) is 10.2. The molecule has 2 N–H and O–H groups in total. The van der Waals surface area contributed by atoms with Gasteiger partial charge in [0.15, 0.2) is 11.5 Å². The van der Waals surface area contributed by atoms with E-state index in [0.29, 0.717) is 22.6 Å². The summed E-state index contributed by atoms with van der Waals surface area (Å²) >= 11 is 0. The monoisotopic (exact) mass is 407 g/mol. The third-order valence-corrected chi connectivity index (χ3v) is 6.74. The van der Waals surface area contributed by atoms with Crippen LogP contribution in [0.5, 0.6) is 0 Å². The van der Waals surface area contributed by atoms with Crippen LogP contribution in [0.25, 0.3) is 22.7 Å². The smallest absolute Gasteiger partial charge is 0.246 e. The summed E-state index contributed by atoms with van der Waals surface area (Å²) in [6, 6.07) is 1.85. The van der Waals surface area contributed by atoms with Crippen LogP contribution in [0, 0.1) is 11.3 Å². The van der Waals surface area contributed by atoms with E-state index in [4.69, 9.17) is 0 Å². The van der Waals surface area contributed by atoms with E-state index < -0.39 is 0 Å². The second kappa shape index (κ2) is 6.38. The predicted octanol–water partition coefficient (Wildman–Crippen LogP) is 1.91. The van der Waals surface area contributed by atoms with Crippen molar-refractivity contribution in [2.45, 2.75) is 33.1 Å². The molecule has 9 nitrogen and oxygen atoms in total. The average Bonchev–Trinajstić information content (AvgIpc) is 3.02. The molecule has 3 aromatic rings. The van der Waals surface area contributed by atoms with E-state index in [0.717, 1.165) is 30.0 Å². The standard InChI is InChI=1S/C21H25N7O2/c1-11(29)27(3)10-17(30)28(4)13-6-15-19(22-9-13)24-20(23-15)18-14-5-12-7-21(12,2)8-16(14)25-26-18/h6,9,12H,5,7-8,10H2,1-4H3,(H,25,26)(H,22,23,24)/t12-,21-/m1/s1. The summed E-state index contributed by atoms with van der Waals surface area (Å²) in [7, 11) is 3.28. The second-order valence-corrected chi connectivity index (χ2v) is 8.94. The molecule has 5 rings (SSSR count). The Hall–Kier alpha value is -3.23. The predicted molar refractivity (Wildman–Crippen MR) is 112 cm³/mol. The molecule has 3 aromatic heterocycles. The molecule has 30 heavy (non-hydrogen) atoms. The molecule has 2 aliphatic rings. The highest BCUT2D eigenvalue weighted by Crippen LogP contribution is 2.59. The van der Waals surface area contributed by atoms with Gasteiger partial charge in [-0.3, -0.25) is 14.7 Å². The number of nitrogens with zero attached hydrogens (tertiary/aromatic N) is 5. The first-order chi connectivity index (χ1) is 14.2. The number of carbonyl (C=O) groups excluding carboxylic acids is 2. The number of hydrogen-bond acceptors (Lipinski definition) is 5. The van der Waals surface area contributed by atoms with Gasteiger partial charge in [0.05, 0.1) is 23.9 Å². The molecule has 0 radical (unpaired) electrons. The Morgan fingerprint density at radius 3 is 2.90 bits per heavy atom. The van der Waals surface area contributed by atoms with Crippen LogP contribution in [0.3, 0.4) is 0 Å². The maximum absolute atomic E-state index is 12.5. The van der Waals surface area contributed by atoms with E-state index >= 15 is 0 Å². The van der Waals surface area contributed by atoms with Gasteiger partial charge >= 0.3 is 0 Å². The molecular weight excluding hydrogens is 382 g/mol. The summed E-state index contributed by atoms with van der Waals surface area (Å²) in [5, 5.41) is 7.74. The molecule has 2 amide bonds. The van der Waals surface area contributed by atoms with Crippen LogP contribution >= 0.6 is 0 Å². The van der Waals surface area contributed by atoms with Crippen molar-refractivity contribution in [2.75, 3.05) is 25.5 Å². The summed E-state index contributed by atoms with van der Waals surface area (Å²) < 4.78 is 0. The molecule has 0 spiro atoms. The van der Waals surface area contributed by atoms with Crippen LogP contribution in [-0.4, -0.2) is 62.5 Å². The maximum Gasteiger partial charge on any atom is 0.246 e. The van der Waals surface area contributed by atoms with Gasteiger partial charge in [0, 0.05) is 32.3 Å². The zero-order chi connectivity index (χ0) is 21.2. The second-order valence-electron chi connectivity index (χ2n) is 8.94. The van der Waals surface area contributed by atoms with Gasteiger partial charge in [0.25, 0.3) is 0 Å². The molecule has 3 heterocycles. The number of likely N-dealkylation sites (N-methyl/N-ethyl adjacent to an activating group) is 2. The number of carbonyl (C=O) groups is 2. The van der Waals surface area contributed by atoms with Crippen molar-refractivity contribution < 1.29 is 9.59 Å². The minimum atomic E-state index is -0.192. The van der Waals surface area contributed by atoms with E-state index in [1.807, 2.05) is 6.07 Å². The van der Waals surface area contributed by atoms with Gasteiger partial charge in [-0.1, -0.05) is 6.92 Å². The normalized spacial score (nSPS) is 21.8. The summed E-state index contributed by atoms with van der Waals surface area (Å²) in [6.45, 7) is 3.79. The van der Waals surface area contributed by atoms with Gasteiger partial charge in [0.1, 0.15) is 5.69 Å². The number of aromatic nitrogens is 5. The lowest BCUT2D eigenvalue weighted by molar-refractivity contribution is -0.132. The number of aromatic amines is 2. The topological polar surface area (TPSA) is 111 Å². The molecule has 2 aliphatic carbocycles. The van der Waals surface area contributed by atoms with Gasteiger partial charge in [0.2, 0.25) is 11.8 Å². The maximum atomic E-state index is 12.5. The number of nitrogens with one attached hydrogen (secondary N) is 2. The van der Waals surface area contributed by atoms with E-state index in [-0.39, 0.29) is 18.4 Å². The lowest BCUT2D eigenvalue weighted by atomic mass is 9.88. The summed E-state index contributed by atoms with van der Waals surface area (Å²) in [4.78, 5) is 39.1. The molecule has 0 bridgehead atoms. The van der Waals surface area contributed by atoms with Crippen LogP contribution in [0.1, 0.15) is 31.5 Å². The fraction of sp³-hybridized carbons (Fsp3) is 0.476. The summed E-state index contributed by atoms with van der Waals surface area (Å²) in [5.74, 6) is 1.09. The number of anilines is 1. The Kier molecular flexibility index (Phi) is 4.00. The van der Waals surface area contributed by atoms with E-state index in [9.17, 15) is 9.59 Å². The molecule has 0 unspecified atom stereocenters. The SMILES string of the molecule is CC(=O)N(C)CC(=O)N(C)c1cnc2nc(-c3n[nH]c4c3C[C@@H]3C[C@]3(C)C4)[nH]c2c1. The molecular formula is C21H25N7O2. The first-order valence-corrected chi connectivity index (χ1v) is 10.2. The van der Waals surface area contributed by atoms with Crippen LogP contribution in [0.15, 0.2) is 12.3 Å². The van der Waals surface area contributed by atoms with Crippen molar-refractivity contribution in [1.82, 2.24) is 30.0 Å². The summed E-state index contributed by atoms with van der Waals surface area (Å²) in [6.07, 6.45) is 4.98. The average molecular weight is 407 g/mol. The Morgan fingerprint density at radius 2 is 2.13 bits per heavy atom. The highest BCUT2D eigenvalue weighted by Gasteiger charge is 2.53. The van der Waals surface area contributed by atoms with Gasteiger partial charge in [-0.2, -0.15) is 5.10 Å². The van der Waals surface area contributed by atoms with Crippen molar-refractivity contribution in [3.05, 3.63) is 23.5 Å². The van der Waals surface area contributed by atoms with Crippen molar-refractivity contribution in [2.24, 2.45) is 11.3 Å². The number of H-pyrrole nitrogens is 2. The fourth-order valence-corrected chi connectivity index (χ4v) is 4.40. The van der Waals surface area contributed by atoms with Gasteiger partial charge in [-0.05, 0) is 36.7 Å². The van der Waals surface area contributed by atoms with Crippen LogP contribution in [-0.2, 0) is 22.4 Å². The number of rotatable bonds is 4. The Labute approximate surface area is 173 Å². The molecule has 1 fully saturated rings. The fourth-order valence-electron chi connectivity index (χ4n) is 4.40. The summed E-state index contributed by atoms with van der Waals surface area (Å²) in [5.41, 5.74) is 5.74. The van der Waals surface area contributed by atoms with Gasteiger partial charge in [-0.25, -0.2) is 9.97 Å². The van der Waals surface area contributed by atoms with Crippen molar-refractivity contribution in [3.63, 3.8) is 0 Å². The lowest BCUT2D eigenvalue weighted by Crippen LogP contribution is -2.38. The molecule has 9 heteroatoms. The molecule has 0 aromatic carbocycles. The molecule has 2 atom stereocenters. The molecule has 156 valence electrons. The Morgan fingerprint density at radius 1 is 1.33 bits per heavy atom. The van der Waals surface area contributed by atoms with E-state index in [2.05, 4.69) is 32.1 Å². The van der Waals surface area contributed by atoms with Crippen molar-refractivity contribution in [1.29, 1.82) is 0 Å². The third kappa shape index (κ3) is 2.96. The van der Waals surface area contributed by atoms with Crippen molar-refractivity contribution >= 4 is 28.7 Å². The van der Waals surface area contributed by atoms with Crippen LogP contribution in [0.2, 0.25) is 0 Å². The Bertz CT molecular complexity index is 1180. The molecule has 1 saturated carbocycles. The van der Waals surface area contributed by atoms with E-state index in [1.54, 1.807) is 20.3 Å². The quantitative estimate of drug-likeness (QED) is 0.686. The van der Waals surface area contributed by atoms with Crippen LogP contribution in [0.4, 0.5) is 5.69 Å². The van der Waals surface area contributed by atoms with E-state index in [1.165, 1.54) is 34.4 Å². The first kappa shape index (κ1) is 18.8. The number of imidazole rings is 1. The minimum absolute atomic E-state index is 0.0115. The van der Waals surface area contributed by atoms with Crippen LogP contribution < -0.4 is 4.90 Å². The van der Waals surface area contributed by atoms with Gasteiger partial charge in [-0.15, -0.1) is 0 Å². The minimum Gasteiger partial charge on any atom is -0.337 e. The number of amides is 2. The number of fused-ring (bicyclic) bond motifs is 3. The highest BCUT2D eigenvalue weighted by molar-refractivity contribution is 5.97. The Balaban J connectivity index is 1.42. The zero-order valence-corrected chi connectivity index (χ0v) is 17.6.